The fourth-order valence-electron chi connectivity index (χ4n) is 3.75. The maximum absolute atomic E-state index is 14.7. The average Bonchev–Trinajstić information content (AvgIpc) is 2.72. The van der Waals surface area contributed by atoms with E-state index in [2.05, 4.69) is 38.1 Å². The molecule has 0 atom stereocenters. The molecule has 0 radical (unpaired) electrons. The number of aryl methyl sites for hydroxylation is 2. The smallest absolute Gasteiger partial charge is 0.166 e. The molecule has 28 heavy (non-hydrogen) atoms. The lowest BCUT2D eigenvalue weighted by Gasteiger charge is -2.10. The summed E-state index contributed by atoms with van der Waals surface area (Å²) in [6.45, 7) is 4.32. The van der Waals surface area contributed by atoms with Gasteiger partial charge >= 0.3 is 0 Å². The van der Waals surface area contributed by atoms with Gasteiger partial charge in [0.15, 0.2) is 11.6 Å². The van der Waals surface area contributed by atoms with E-state index in [1.165, 1.54) is 24.8 Å². The first kappa shape index (κ1) is 20.5. The van der Waals surface area contributed by atoms with Crippen LogP contribution in [0.4, 0.5) is 8.78 Å². The molecule has 0 aliphatic rings. The van der Waals surface area contributed by atoms with E-state index in [1.807, 2.05) is 18.2 Å². The van der Waals surface area contributed by atoms with E-state index in [1.54, 1.807) is 6.07 Å². The standard InChI is InChI=1S/C26H30F2/c1-3-5-7-9-19-11-13-20(14-12-19)21-15-16-22-17-23(10-8-6-4-2)25(27)26(28)24(22)18-21/h11-18H,3-10H2,1-2H3. The SMILES string of the molecule is CCCCCc1ccc(-c2ccc3cc(CCCCC)c(F)c(F)c3c2)cc1. The number of halogens is 2. The Morgan fingerprint density at radius 3 is 1.96 bits per heavy atom. The molecule has 2 heteroatoms. The second kappa shape index (κ2) is 9.82. The molecule has 3 aromatic rings. The van der Waals surface area contributed by atoms with Crippen molar-refractivity contribution in [2.24, 2.45) is 0 Å². The van der Waals surface area contributed by atoms with Crippen molar-refractivity contribution in [2.75, 3.05) is 0 Å². The van der Waals surface area contributed by atoms with Crippen molar-refractivity contribution >= 4 is 10.8 Å². The molecule has 0 saturated carbocycles. The van der Waals surface area contributed by atoms with E-state index in [-0.39, 0.29) is 0 Å². The Bertz CT molecular complexity index is 910. The van der Waals surface area contributed by atoms with Gasteiger partial charge in [-0.3, -0.25) is 0 Å². The van der Waals surface area contributed by atoms with Gasteiger partial charge in [0.05, 0.1) is 0 Å². The summed E-state index contributed by atoms with van der Waals surface area (Å²) in [7, 11) is 0. The highest BCUT2D eigenvalue weighted by Crippen LogP contribution is 2.30. The van der Waals surface area contributed by atoms with Crippen LogP contribution in [0.2, 0.25) is 0 Å². The summed E-state index contributed by atoms with van der Waals surface area (Å²) in [5.74, 6) is -1.41. The number of hydrogen-bond donors (Lipinski definition) is 0. The largest absolute Gasteiger partial charge is 0.203 e. The molecule has 0 spiro atoms. The third-order valence-electron chi connectivity index (χ3n) is 5.50. The van der Waals surface area contributed by atoms with Crippen LogP contribution >= 0.6 is 0 Å². The number of rotatable bonds is 9. The predicted octanol–water partition coefficient (Wildman–Crippen LogP) is 8.25. The molecule has 0 amide bonds. The molecule has 148 valence electrons. The average molecular weight is 381 g/mol. The van der Waals surface area contributed by atoms with E-state index >= 15 is 0 Å². The van der Waals surface area contributed by atoms with Gasteiger partial charge in [-0.25, -0.2) is 8.78 Å². The Hall–Kier alpha value is -2.22. The van der Waals surface area contributed by atoms with Crippen LogP contribution in [-0.2, 0) is 12.8 Å². The van der Waals surface area contributed by atoms with Crippen molar-refractivity contribution < 1.29 is 8.78 Å². The van der Waals surface area contributed by atoms with E-state index in [4.69, 9.17) is 0 Å². The minimum Gasteiger partial charge on any atom is -0.203 e. The second-order valence-electron chi connectivity index (χ2n) is 7.71. The van der Waals surface area contributed by atoms with Gasteiger partial charge in [0, 0.05) is 5.39 Å². The number of benzene rings is 3. The first-order valence-electron chi connectivity index (χ1n) is 10.6. The van der Waals surface area contributed by atoms with Crippen molar-refractivity contribution in [2.45, 2.75) is 65.2 Å². The minimum absolute atomic E-state index is 0.362. The van der Waals surface area contributed by atoms with Gasteiger partial charge in [0.1, 0.15) is 0 Å². The van der Waals surface area contributed by atoms with Gasteiger partial charge in [-0.15, -0.1) is 0 Å². The van der Waals surface area contributed by atoms with Crippen molar-refractivity contribution in [1.29, 1.82) is 0 Å². The zero-order chi connectivity index (χ0) is 19.9. The van der Waals surface area contributed by atoms with Gasteiger partial charge in [-0.1, -0.05) is 75.9 Å². The van der Waals surface area contributed by atoms with Gasteiger partial charge in [0.25, 0.3) is 0 Å². The Labute approximate surface area is 167 Å². The molecule has 0 bridgehead atoms. The highest BCUT2D eigenvalue weighted by atomic mass is 19.2. The van der Waals surface area contributed by atoms with Crippen LogP contribution in [0, 0.1) is 11.6 Å². The molecule has 0 fully saturated rings. The molecule has 3 aromatic carbocycles. The molecule has 0 unspecified atom stereocenters. The summed E-state index contributed by atoms with van der Waals surface area (Å²) in [4.78, 5) is 0. The molecular weight excluding hydrogens is 350 g/mol. The molecule has 0 aliphatic heterocycles. The van der Waals surface area contributed by atoms with Gasteiger partial charge in [0.2, 0.25) is 0 Å². The van der Waals surface area contributed by atoms with Crippen molar-refractivity contribution in [3.05, 3.63) is 71.3 Å². The summed E-state index contributed by atoms with van der Waals surface area (Å²) >= 11 is 0. The summed E-state index contributed by atoms with van der Waals surface area (Å²) in [5, 5.41) is 1.13. The summed E-state index contributed by atoms with van der Waals surface area (Å²) in [6, 6.07) is 15.9. The third-order valence-corrected chi connectivity index (χ3v) is 5.50. The molecule has 0 N–H and O–H groups in total. The number of hydrogen-bond acceptors (Lipinski definition) is 0. The van der Waals surface area contributed by atoms with Crippen LogP contribution in [0.25, 0.3) is 21.9 Å². The fraction of sp³-hybridized carbons (Fsp3) is 0.385. The Morgan fingerprint density at radius 2 is 1.29 bits per heavy atom. The van der Waals surface area contributed by atoms with Crippen LogP contribution in [0.15, 0.2) is 48.5 Å². The highest BCUT2D eigenvalue weighted by molar-refractivity contribution is 5.88. The quantitative estimate of drug-likeness (QED) is 0.328. The first-order valence-corrected chi connectivity index (χ1v) is 10.6. The Kier molecular flexibility index (Phi) is 7.19. The molecule has 0 aliphatic carbocycles. The van der Waals surface area contributed by atoms with Crippen molar-refractivity contribution in [3.63, 3.8) is 0 Å². The van der Waals surface area contributed by atoms with E-state index < -0.39 is 11.6 Å². The number of fused-ring (bicyclic) bond motifs is 1. The summed E-state index contributed by atoms with van der Waals surface area (Å²) in [5.41, 5.74) is 3.77. The zero-order valence-electron chi connectivity index (χ0n) is 17.0. The fourth-order valence-corrected chi connectivity index (χ4v) is 3.75. The maximum Gasteiger partial charge on any atom is 0.166 e. The Morgan fingerprint density at radius 1 is 0.643 bits per heavy atom. The maximum atomic E-state index is 14.7. The minimum atomic E-state index is -0.720. The molecule has 0 saturated heterocycles. The third kappa shape index (κ3) is 4.79. The van der Waals surface area contributed by atoms with Crippen molar-refractivity contribution in [3.8, 4) is 11.1 Å². The van der Waals surface area contributed by atoms with Crippen LogP contribution in [0.1, 0.15) is 63.5 Å². The molecular formula is C26H30F2. The Balaban J connectivity index is 1.85. The topological polar surface area (TPSA) is 0 Å². The molecule has 3 rings (SSSR count). The molecule has 0 heterocycles. The molecule has 0 aromatic heterocycles. The van der Waals surface area contributed by atoms with Gasteiger partial charge in [-0.05, 0) is 65.5 Å². The monoisotopic (exact) mass is 380 g/mol. The lowest BCUT2D eigenvalue weighted by atomic mass is 9.96. The first-order chi connectivity index (χ1) is 13.6. The number of unbranched alkanes of at least 4 members (excludes halogenated alkanes) is 4. The van der Waals surface area contributed by atoms with E-state index in [9.17, 15) is 8.78 Å². The molecule has 0 nitrogen and oxygen atoms in total. The highest BCUT2D eigenvalue weighted by Gasteiger charge is 2.14. The van der Waals surface area contributed by atoms with E-state index in [0.717, 1.165) is 42.2 Å². The lowest BCUT2D eigenvalue weighted by Crippen LogP contribution is -1.97. The normalized spacial score (nSPS) is 11.3. The van der Waals surface area contributed by atoms with Crippen LogP contribution in [0.5, 0.6) is 0 Å². The predicted molar refractivity (Wildman–Crippen MR) is 116 cm³/mol. The summed E-state index contributed by atoms with van der Waals surface area (Å²) in [6.07, 6.45) is 8.35. The lowest BCUT2D eigenvalue weighted by molar-refractivity contribution is 0.504. The zero-order valence-corrected chi connectivity index (χ0v) is 17.0. The van der Waals surface area contributed by atoms with Gasteiger partial charge in [-0.2, -0.15) is 0 Å². The van der Waals surface area contributed by atoms with Crippen molar-refractivity contribution in [1.82, 2.24) is 0 Å². The van der Waals surface area contributed by atoms with Crippen LogP contribution in [-0.4, -0.2) is 0 Å². The van der Waals surface area contributed by atoms with Crippen LogP contribution < -0.4 is 0 Å². The van der Waals surface area contributed by atoms with Gasteiger partial charge < -0.3 is 0 Å². The second-order valence-corrected chi connectivity index (χ2v) is 7.71. The van der Waals surface area contributed by atoms with Crippen LogP contribution in [0.3, 0.4) is 0 Å². The summed E-state index contributed by atoms with van der Waals surface area (Å²) < 4.78 is 29.2. The van der Waals surface area contributed by atoms with E-state index in [0.29, 0.717) is 17.4 Å².